The maximum absolute atomic E-state index is 12.2. The summed E-state index contributed by atoms with van der Waals surface area (Å²) in [5.74, 6) is -0.522. The second-order valence-corrected chi connectivity index (χ2v) is 5.30. The van der Waals surface area contributed by atoms with E-state index in [2.05, 4.69) is 0 Å². The van der Waals surface area contributed by atoms with Crippen molar-refractivity contribution in [2.45, 2.75) is 31.8 Å². The number of ether oxygens (including phenoxy) is 2. The van der Waals surface area contributed by atoms with Gasteiger partial charge >= 0.3 is 5.97 Å². The van der Waals surface area contributed by atoms with E-state index in [1.807, 2.05) is 0 Å². The van der Waals surface area contributed by atoms with Crippen LogP contribution in [0.3, 0.4) is 0 Å². The van der Waals surface area contributed by atoms with Crippen LogP contribution in [0.15, 0.2) is 24.3 Å². The van der Waals surface area contributed by atoms with Gasteiger partial charge in [0.25, 0.3) is 0 Å². The van der Waals surface area contributed by atoms with Gasteiger partial charge in [0.05, 0.1) is 6.10 Å². The first-order valence-electron chi connectivity index (χ1n) is 7.39. The van der Waals surface area contributed by atoms with Crippen LogP contribution < -0.4 is 9.64 Å². The number of hydrogen-bond acceptors (Lipinski definition) is 4. The summed E-state index contributed by atoms with van der Waals surface area (Å²) < 4.78 is 10.6. The Morgan fingerprint density at radius 2 is 2.09 bits per heavy atom. The Labute approximate surface area is 129 Å². The summed E-state index contributed by atoms with van der Waals surface area (Å²) >= 11 is 0. The zero-order chi connectivity index (χ0) is 15.9. The van der Waals surface area contributed by atoms with Crippen molar-refractivity contribution in [1.82, 2.24) is 0 Å². The molecule has 120 valence electrons. The highest BCUT2D eigenvalue weighted by atomic mass is 16.5. The molecule has 6 nitrogen and oxygen atoms in total. The van der Waals surface area contributed by atoms with E-state index in [9.17, 15) is 9.59 Å². The van der Waals surface area contributed by atoms with E-state index in [0.29, 0.717) is 12.2 Å². The maximum Gasteiger partial charge on any atom is 0.341 e. The molecule has 1 aromatic rings. The van der Waals surface area contributed by atoms with Crippen LogP contribution in [0, 0.1) is 0 Å². The lowest BCUT2D eigenvalue weighted by atomic mass is 10.1. The van der Waals surface area contributed by atoms with Crippen LogP contribution in [0.2, 0.25) is 0 Å². The zero-order valence-corrected chi connectivity index (χ0v) is 12.7. The number of benzene rings is 1. The number of carbonyl (C=O) groups is 2. The molecule has 1 heterocycles. The van der Waals surface area contributed by atoms with Gasteiger partial charge in [0, 0.05) is 25.8 Å². The van der Waals surface area contributed by atoms with Gasteiger partial charge in [-0.25, -0.2) is 4.79 Å². The summed E-state index contributed by atoms with van der Waals surface area (Å²) in [7, 11) is 1.73. The van der Waals surface area contributed by atoms with Crippen molar-refractivity contribution in [2.75, 3.05) is 25.2 Å². The largest absolute Gasteiger partial charge is 0.482 e. The third-order valence-electron chi connectivity index (χ3n) is 3.66. The van der Waals surface area contributed by atoms with Crippen molar-refractivity contribution in [3.05, 3.63) is 24.3 Å². The lowest BCUT2D eigenvalue weighted by Gasteiger charge is -2.18. The van der Waals surface area contributed by atoms with E-state index in [4.69, 9.17) is 14.6 Å². The van der Waals surface area contributed by atoms with E-state index in [-0.39, 0.29) is 18.6 Å². The number of carboxylic acids is 1. The number of aliphatic carboxylic acids is 1. The molecular weight excluding hydrogens is 286 g/mol. The van der Waals surface area contributed by atoms with Crippen molar-refractivity contribution < 1.29 is 24.2 Å². The number of carbonyl (C=O) groups excluding carboxylic acids is 1. The Balaban J connectivity index is 1.83. The Morgan fingerprint density at radius 1 is 1.36 bits per heavy atom. The fourth-order valence-corrected chi connectivity index (χ4v) is 2.38. The summed E-state index contributed by atoms with van der Waals surface area (Å²) in [6.07, 6.45) is 3.53. The van der Waals surface area contributed by atoms with Gasteiger partial charge in [-0.3, -0.25) is 4.79 Å². The number of amides is 1. The van der Waals surface area contributed by atoms with Crippen molar-refractivity contribution >= 4 is 17.6 Å². The monoisotopic (exact) mass is 307 g/mol. The molecule has 1 unspecified atom stereocenters. The molecule has 1 aromatic carbocycles. The molecule has 1 fully saturated rings. The maximum atomic E-state index is 12.2. The van der Waals surface area contributed by atoms with E-state index in [0.717, 1.165) is 31.6 Å². The Kier molecular flexibility index (Phi) is 5.77. The highest BCUT2D eigenvalue weighted by Gasteiger charge is 2.18. The molecule has 0 bridgehead atoms. The number of carboxylic acid groups (broad SMARTS) is 1. The van der Waals surface area contributed by atoms with Gasteiger partial charge < -0.3 is 19.5 Å². The lowest BCUT2D eigenvalue weighted by molar-refractivity contribution is -0.139. The molecule has 1 saturated heterocycles. The van der Waals surface area contributed by atoms with Crippen molar-refractivity contribution in [3.8, 4) is 5.75 Å². The number of anilines is 1. The highest BCUT2D eigenvalue weighted by molar-refractivity contribution is 5.92. The van der Waals surface area contributed by atoms with Gasteiger partial charge in [-0.15, -0.1) is 0 Å². The minimum absolute atomic E-state index is 0.0368. The average Bonchev–Trinajstić information content (AvgIpc) is 3.03. The molecular formula is C16H21NO5. The molecule has 0 saturated carbocycles. The van der Waals surface area contributed by atoms with E-state index in [1.165, 1.54) is 0 Å². The van der Waals surface area contributed by atoms with Gasteiger partial charge in [0.1, 0.15) is 5.75 Å². The van der Waals surface area contributed by atoms with Crippen LogP contribution in [-0.2, 0) is 14.3 Å². The van der Waals surface area contributed by atoms with Gasteiger partial charge in [-0.05, 0) is 43.5 Å². The van der Waals surface area contributed by atoms with Crippen molar-refractivity contribution in [1.29, 1.82) is 0 Å². The average molecular weight is 307 g/mol. The lowest BCUT2D eigenvalue weighted by Crippen LogP contribution is -2.27. The topological polar surface area (TPSA) is 76.1 Å². The van der Waals surface area contributed by atoms with E-state index < -0.39 is 5.97 Å². The SMILES string of the molecule is CN(C(=O)CCC1CCCO1)c1ccc(OCC(=O)O)cc1. The summed E-state index contributed by atoms with van der Waals surface area (Å²) in [5, 5.41) is 8.55. The van der Waals surface area contributed by atoms with Crippen LogP contribution in [0.4, 0.5) is 5.69 Å². The fraction of sp³-hybridized carbons (Fsp3) is 0.500. The van der Waals surface area contributed by atoms with Gasteiger partial charge in [-0.1, -0.05) is 0 Å². The molecule has 1 atom stereocenters. The van der Waals surface area contributed by atoms with Crippen LogP contribution in [0.5, 0.6) is 5.75 Å². The second kappa shape index (κ2) is 7.79. The summed E-state index contributed by atoms with van der Waals surface area (Å²) in [4.78, 5) is 24.2. The van der Waals surface area contributed by atoms with Gasteiger partial charge in [-0.2, -0.15) is 0 Å². The summed E-state index contributed by atoms with van der Waals surface area (Å²) in [5.41, 5.74) is 0.750. The molecule has 0 spiro atoms. The van der Waals surface area contributed by atoms with Crippen LogP contribution >= 0.6 is 0 Å². The van der Waals surface area contributed by atoms with Crippen molar-refractivity contribution in [3.63, 3.8) is 0 Å². The fourth-order valence-electron chi connectivity index (χ4n) is 2.38. The second-order valence-electron chi connectivity index (χ2n) is 5.30. The van der Waals surface area contributed by atoms with Crippen molar-refractivity contribution in [2.24, 2.45) is 0 Å². The first-order chi connectivity index (χ1) is 10.6. The normalized spacial score (nSPS) is 17.2. The molecule has 22 heavy (non-hydrogen) atoms. The first-order valence-corrected chi connectivity index (χ1v) is 7.39. The molecule has 6 heteroatoms. The summed E-state index contributed by atoms with van der Waals surface area (Å²) in [6.45, 7) is 0.419. The summed E-state index contributed by atoms with van der Waals surface area (Å²) in [6, 6.07) is 6.78. The molecule has 0 aliphatic carbocycles. The first kappa shape index (κ1) is 16.3. The molecule has 1 aliphatic rings. The predicted octanol–water partition coefficient (Wildman–Crippen LogP) is 2.07. The van der Waals surface area contributed by atoms with Gasteiger partial charge in [0.2, 0.25) is 5.91 Å². The quantitative estimate of drug-likeness (QED) is 0.834. The predicted molar refractivity (Wildman–Crippen MR) is 81.2 cm³/mol. The molecule has 1 N–H and O–H groups in total. The highest BCUT2D eigenvalue weighted by Crippen LogP contribution is 2.21. The minimum atomic E-state index is -1.02. The zero-order valence-electron chi connectivity index (χ0n) is 12.7. The molecule has 2 rings (SSSR count). The third kappa shape index (κ3) is 4.73. The van der Waals surface area contributed by atoms with Crippen LogP contribution in [0.25, 0.3) is 0 Å². The Bertz CT molecular complexity index is 508. The molecule has 1 amide bonds. The van der Waals surface area contributed by atoms with E-state index in [1.54, 1.807) is 36.2 Å². The number of hydrogen-bond donors (Lipinski definition) is 1. The van der Waals surface area contributed by atoms with Crippen LogP contribution in [0.1, 0.15) is 25.7 Å². The van der Waals surface area contributed by atoms with Crippen LogP contribution in [-0.4, -0.2) is 43.3 Å². The Morgan fingerprint density at radius 3 is 2.68 bits per heavy atom. The minimum Gasteiger partial charge on any atom is -0.482 e. The number of nitrogens with zero attached hydrogens (tertiary/aromatic N) is 1. The van der Waals surface area contributed by atoms with E-state index >= 15 is 0 Å². The molecule has 0 radical (unpaired) electrons. The molecule has 0 aromatic heterocycles. The standard InChI is InChI=1S/C16H21NO5/c1-17(15(18)9-8-13-3-2-10-21-13)12-4-6-14(7-5-12)22-11-16(19)20/h4-7,13H,2-3,8-11H2,1H3,(H,19,20). The number of rotatable bonds is 7. The smallest absolute Gasteiger partial charge is 0.341 e. The molecule has 1 aliphatic heterocycles. The van der Waals surface area contributed by atoms with Gasteiger partial charge in [0.15, 0.2) is 6.61 Å². The third-order valence-corrected chi connectivity index (χ3v) is 3.66. The Hall–Kier alpha value is -2.08.